The first kappa shape index (κ1) is 7.98. The molecule has 0 radical (unpaired) electrons. The van der Waals surface area contributed by atoms with Crippen LogP contribution in [-0.2, 0) is 18.3 Å². The summed E-state index contributed by atoms with van der Waals surface area (Å²) in [5.74, 6) is 0.182. The van der Waals surface area contributed by atoms with E-state index in [0.717, 1.165) is 11.3 Å². The number of aromatic nitrogens is 2. The molecule has 0 amide bonds. The van der Waals surface area contributed by atoms with Crippen molar-refractivity contribution in [2.75, 3.05) is 0 Å². The second-order valence-corrected chi connectivity index (χ2v) is 2.76. The molecule has 3 heteroatoms. The Bertz CT molecular complexity index is 276. The van der Waals surface area contributed by atoms with Crippen LogP contribution in [0.15, 0.2) is 6.20 Å². The van der Waals surface area contributed by atoms with Gasteiger partial charge in [0, 0.05) is 24.7 Å². The number of nitrogens with zero attached hydrogens (tertiary/aromatic N) is 2. The molecule has 0 aliphatic heterocycles. The third-order valence-electron chi connectivity index (χ3n) is 1.78. The summed E-state index contributed by atoms with van der Waals surface area (Å²) in [5.41, 5.74) is 2.10. The van der Waals surface area contributed by atoms with Gasteiger partial charge in [-0.25, -0.2) is 0 Å². The van der Waals surface area contributed by atoms with Crippen molar-refractivity contribution < 1.29 is 4.79 Å². The fourth-order valence-electron chi connectivity index (χ4n) is 0.986. The van der Waals surface area contributed by atoms with Crippen molar-refractivity contribution in [3.8, 4) is 0 Å². The lowest BCUT2D eigenvalue weighted by atomic mass is 10.1. The van der Waals surface area contributed by atoms with Crippen LogP contribution in [0, 0.1) is 6.92 Å². The quantitative estimate of drug-likeness (QED) is 0.630. The van der Waals surface area contributed by atoms with Gasteiger partial charge in [-0.15, -0.1) is 0 Å². The molecular formula is C8H12N2O. The van der Waals surface area contributed by atoms with Crippen molar-refractivity contribution >= 4 is 5.78 Å². The monoisotopic (exact) mass is 152 g/mol. The predicted molar refractivity (Wildman–Crippen MR) is 42.3 cm³/mol. The largest absolute Gasteiger partial charge is 0.300 e. The summed E-state index contributed by atoms with van der Waals surface area (Å²) in [7, 11) is 1.87. The van der Waals surface area contributed by atoms with E-state index in [0.29, 0.717) is 6.42 Å². The SMILES string of the molecule is CC(=O)Cc1cnn(C)c1C. The number of hydrogen-bond acceptors (Lipinski definition) is 2. The highest BCUT2D eigenvalue weighted by molar-refractivity contribution is 5.78. The van der Waals surface area contributed by atoms with E-state index in [2.05, 4.69) is 5.10 Å². The molecule has 1 aromatic heterocycles. The van der Waals surface area contributed by atoms with E-state index in [9.17, 15) is 4.79 Å². The molecule has 0 saturated carbocycles. The van der Waals surface area contributed by atoms with Gasteiger partial charge < -0.3 is 0 Å². The molecule has 0 N–H and O–H groups in total. The van der Waals surface area contributed by atoms with Gasteiger partial charge in [0.2, 0.25) is 0 Å². The van der Waals surface area contributed by atoms with Crippen molar-refractivity contribution in [1.82, 2.24) is 9.78 Å². The Labute approximate surface area is 66.0 Å². The van der Waals surface area contributed by atoms with Gasteiger partial charge in [-0.05, 0) is 13.8 Å². The normalized spacial score (nSPS) is 10.1. The molecule has 0 fully saturated rings. The van der Waals surface area contributed by atoms with E-state index in [4.69, 9.17) is 0 Å². The van der Waals surface area contributed by atoms with Crippen molar-refractivity contribution in [3.63, 3.8) is 0 Å². The van der Waals surface area contributed by atoms with E-state index in [1.54, 1.807) is 17.8 Å². The number of carbonyl (C=O) groups excluding carboxylic acids is 1. The zero-order valence-corrected chi connectivity index (χ0v) is 7.09. The van der Waals surface area contributed by atoms with Crippen LogP contribution in [-0.4, -0.2) is 15.6 Å². The third kappa shape index (κ3) is 1.67. The summed E-state index contributed by atoms with van der Waals surface area (Å²) in [6.45, 7) is 3.55. The maximum Gasteiger partial charge on any atom is 0.134 e. The van der Waals surface area contributed by atoms with Crippen molar-refractivity contribution in [1.29, 1.82) is 0 Å². The molecule has 0 bridgehead atoms. The molecule has 0 aliphatic carbocycles. The lowest BCUT2D eigenvalue weighted by Crippen LogP contribution is -1.98. The Balaban J connectivity index is 2.87. The van der Waals surface area contributed by atoms with Crippen LogP contribution in [0.3, 0.4) is 0 Å². The van der Waals surface area contributed by atoms with Crippen LogP contribution in [0.4, 0.5) is 0 Å². The number of aryl methyl sites for hydroxylation is 1. The zero-order valence-electron chi connectivity index (χ0n) is 7.09. The number of rotatable bonds is 2. The van der Waals surface area contributed by atoms with Gasteiger partial charge in [0.15, 0.2) is 0 Å². The summed E-state index contributed by atoms with van der Waals surface area (Å²) in [4.78, 5) is 10.7. The van der Waals surface area contributed by atoms with Crippen LogP contribution in [0.2, 0.25) is 0 Å². The number of hydrogen-bond donors (Lipinski definition) is 0. The van der Waals surface area contributed by atoms with Crippen LogP contribution < -0.4 is 0 Å². The van der Waals surface area contributed by atoms with Gasteiger partial charge in [-0.1, -0.05) is 0 Å². The van der Waals surface area contributed by atoms with E-state index in [-0.39, 0.29) is 5.78 Å². The molecule has 0 aliphatic rings. The lowest BCUT2D eigenvalue weighted by molar-refractivity contribution is -0.116. The summed E-state index contributed by atoms with van der Waals surface area (Å²) in [6, 6.07) is 0. The highest BCUT2D eigenvalue weighted by atomic mass is 16.1. The van der Waals surface area contributed by atoms with E-state index < -0.39 is 0 Å². The fourth-order valence-corrected chi connectivity index (χ4v) is 0.986. The van der Waals surface area contributed by atoms with Gasteiger partial charge in [-0.2, -0.15) is 5.10 Å². The zero-order chi connectivity index (χ0) is 8.43. The van der Waals surface area contributed by atoms with E-state index in [1.807, 2.05) is 14.0 Å². The third-order valence-corrected chi connectivity index (χ3v) is 1.78. The minimum absolute atomic E-state index is 0.182. The first-order chi connectivity index (χ1) is 5.11. The van der Waals surface area contributed by atoms with E-state index in [1.165, 1.54) is 0 Å². The number of ketones is 1. The topological polar surface area (TPSA) is 34.9 Å². The fraction of sp³-hybridized carbons (Fsp3) is 0.500. The van der Waals surface area contributed by atoms with Crippen LogP contribution >= 0.6 is 0 Å². The van der Waals surface area contributed by atoms with Crippen molar-refractivity contribution in [3.05, 3.63) is 17.5 Å². The average molecular weight is 152 g/mol. The lowest BCUT2D eigenvalue weighted by Gasteiger charge is -1.95. The Morgan fingerprint density at radius 2 is 2.36 bits per heavy atom. The highest BCUT2D eigenvalue weighted by Gasteiger charge is 2.04. The summed E-state index contributed by atoms with van der Waals surface area (Å²) in [6.07, 6.45) is 2.25. The van der Waals surface area contributed by atoms with E-state index >= 15 is 0 Å². The highest BCUT2D eigenvalue weighted by Crippen LogP contribution is 2.05. The van der Waals surface area contributed by atoms with Crippen molar-refractivity contribution in [2.24, 2.45) is 7.05 Å². The first-order valence-corrected chi connectivity index (χ1v) is 3.58. The second-order valence-electron chi connectivity index (χ2n) is 2.76. The summed E-state index contributed by atoms with van der Waals surface area (Å²) in [5, 5.41) is 4.03. The summed E-state index contributed by atoms with van der Waals surface area (Å²) >= 11 is 0. The molecule has 0 saturated heterocycles. The van der Waals surface area contributed by atoms with Crippen molar-refractivity contribution in [2.45, 2.75) is 20.3 Å². The van der Waals surface area contributed by atoms with Crippen LogP contribution in [0.5, 0.6) is 0 Å². The Morgan fingerprint density at radius 3 is 2.73 bits per heavy atom. The van der Waals surface area contributed by atoms with Gasteiger partial charge in [0.1, 0.15) is 5.78 Å². The maximum atomic E-state index is 10.7. The van der Waals surface area contributed by atoms with Gasteiger partial charge >= 0.3 is 0 Å². The standard InChI is InChI=1S/C8H12N2O/c1-6(11)4-8-5-9-10(3)7(8)2/h5H,4H2,1-3H3. The Kier molecular flexibility index (Phi) is 2.08. The van der Waals surface area contributed by atoms with Gasteiger partial charge in [-0.3, -0.25) is 9.48 Å². The van der Waals surface area contributed by atoms with Crippen LogP contribution in [0.1, 0.15) is 18.2 Å². The Morgan fingerprint density at radius 1 is 1.73 bits per heavy atom. The smallest absolute Gasteiger partial charge is 0.134 e. The van der Waals surface area contributed by atoms with Gasteiger partial charge in [0.25, 0.3) is 0 Å². The molecule has 3 nitrogen and oxygen atoms in total. The molecule has 1 heterocycles. The number of Topliss-reactive ketones (excluding diaryl/α,β-unsaturated/α-hetero) is 1. The molecule has 0 unspecified atom stereocenters. The molecule has 0 atom stereocenters. The predicted octanol–water partition coefficient (Wildman–Crippen LogP) is 0.860. The molecule has 60 valence electrons. The first-order valence-electron chi connectivity index (χ1n) is 3.58. The molecule has 0 spiro atoms. The van der Waals surface area contributed by atoms with Gasteiger partial charge in [0.05, 0.1) is 6.20 Å². The number of carbonyl (C=O) groups is 1. The molecule has 11 heavy (non-hydrogen) atoms. The second kappa shape index (κ2) is 2.86. The molecule has 1 aromatic rings. The molecule has 1 rings (SSSR count). The average Bonchev–Trinajstić information content (AvgIpc) is 2.18. The minimum Gasteiger partial charge on any atom is -0.300 e. The van der Waals surface area contributed by atoms with Crippen LogP contribution in [0.25, 0.3) is 0 Å². The Hall–Kier alpha value is -1.12. The summed E-state index contributed by atoms with van der Waals surface area (Å²) < 4.78 is 1.78. The molecule has 0 aromatic carbocycles. The minimum atomic E-state index is 0.182. The maximum absolute atomic E-state index is 10.7. The molecular weight excluding hydrogens is 140 g/mol.